The van der Waals surface area contributed by atoms with E-state index in [0.717, 1.165) is 5.69 Å². The van der Waals surface area contributed by atoms with Crippen LogP contribution < -0.4 is 16.0 Å². The highest BCUT2D eigenvalue weighted by molar-refractivity contribution is 5.86. The molecule has 8 nitrogen and oxygen atoms in total. The van der Waals surface area contributed by atoms with Gasteiger partial charge in [-0.1, -0.05) is 18.2 Å². The Hall–Kier alpha value is -2.90. The van der Waals surface area contributed by atoms with Crippen LogP contribution in [-0.2, 0) is 11.3 Å². The van der Waals surface area contributed by atoms with E-state index in [4.69, 9.17) is 0 Å². The fourth-order valence-corrected chi connectivity index (χ4v) is 2.29. The van der Waals surface area contributed by atoms with Crippen molar-refractivity contribution in [2.45, 2.75) is 39.8 Å². The van der Waals surface area contributed by atoms with E-state index < -0.39 is 0 Å². The molecule has 0 aliphatic rings. The van der Waals surface area contributed by atoms with Gasteiger partial charge in [-0.2, -0.15) is 0 Å². The lowest BCUT2D eigenvalue weighted by atomic mass is 10.1. The molecular weight excluding hydrogens is 330 g/mol. The van der Waals surface area contributed by atoms with Crippen molar-refractivity contribution >= 4 is 11.9 Å². The molecule has 0 saturated carbocycles. The first-order valence-corrected chi connectivity index (χ1v) is 8.66. The molecule has 2 rings (SSSR count). The molecule has 0 saturated heterocycles. The maximum absolute atomic E-state index is 12.0. The summed E-state index contributed by atoms with van der Waals surface area (Å²) in [6, 6.07) is 9.85. The average Bonchev–Trinajstić information content (AvgIpc) is 3.05. The third kappa shape index (κ3) is 6.19. The van der Waals surface area contributed by atoms with Crippen molar-refractivity contribution in [3.05, 3.63) is 42.5 Å². The van der Waals surface area contributed by atoms with E-state index in [2.05, 4.69) is 31.1 Å². The number of hydrogen-bond donors (Lipinski definition) is 3. The summed E-state index contributed by atoms with van der Waals surface area (Å²) in [5, 5.41) is 17.2. The molecular formula is C18H27N7O. The highest BCUT2D eigenvalue weighted by Crippen LogP contribution is 2.09. The molecule has 1 heterocycles. The van der Waals surface area contributed by atoms with E-state index in [1.807, 2.05) is 62.6 Å². The second-order valence-corrected chi connectivity index (χ2v) is 6.80. The standard InChI is InChI=1S/C18H27N7O/c1-5-19-17(21-12-16(26)23-18(2,3)4)20-11-15-24-22-13-25(15)14-9-7-6-8-10-14/h6-10,13H,5,11-12H2,1-4H3,(H,23,26)(H2,19,20,21). The van der Waals surface area contributed by atoms with Crippen molar-refractivity contribution in [1.29, 1.82) is 0 Å². The normalized spacial score (nSPS) is 11.9. The fraction of sp³-hybridized carbons (Fsp3) is 0.444. The number of guanidine groups is 1. The third-order valence-electron chi connectivity index (χ3n) is 3.31. The highest BCUT2D eigenvalue weighted by Gasteiger charge is 2.14. The van der Waals surface area contributed by atoms with E-state index in [9.17, 15) is 4.79 Å². The van der Waals surface area contributed by atoms with Crippen LogP contribution >= 0.6 is 0 Å². The molecule has 0 radical (unpaired) electrons. The van der Waals surface area contributed by atoms with Gasteiger partial charge in [-0.3, -0.25) is 9.36 Å². The smallest absolute Gasteiger partial charge is 0.239 e. The first-order chi connectivity index (χ1) is 12.4. The number of hydrogen-bond acceptors (Lipinski definition) is 4. The molecule has 1 amide bonds. The Morgan fingerprint density at radius 2 is 1.92 bits per heavy atom. The topological polar surface area (TPSA) is 96.2 Å². The zero-order valence-electron chi connectivity index (χ0n) is 15.8. The van der Waals surface area contributed by atoms with Crippen molar-refractivity contribution in [2.75, 3.05) is 13.1 Å². The zero-order valence-corrected chi connectivity index (χ0v) is 15.8. The van der Waals surface area contributed by atoms with Gasteiger partial charge in [0.1, 0.15) is 12.9 Å². The third-order valence-corrected chi connectivity index (χ3v) is 3.31. The minimum absolute atomic E-state index is 0.0874. The molecule has 0 unspecified atom stereocenters. The first kappa shape index (κ1) is 19.4. The molecule has 0 atom stereocenters. The number of aromatic nitrogens is 3. The molecule has 0 aliphatic carbocycles. The van der Waals surface area contributed by atoms with E-state index in [1.54, 1.807) is 6.33 Å². The molecule has 0 bridgehead atoms. The molecule has 2 aromatic rings. The number of nitrogens with one attached hydrogen (secondary N) is 3. The minimum Gasteiger partial charge on any atom is -0.357 e. The second-order valence-electron chi connectivity index (χ2n) is 6.80. The summed E-state index contributed by atoms with van der Waals surface area (Å²) in [7, 11) is 0. The van der Waals surface area contributed by atoms with Gasteiger partial charge in [-0.25, -0.2) is 4.99 Å². The second kappa shape index (κ2) is 8.98. The van der Waals surface area contributed by atoms with Crippen LogP contribution in [0, 0.1) is 0 Å². The van der Waals surface area contributed by atoms with Crippen LogP contribution in [0.15, 0.2) is 41.7 Å². The molecule has 0 fully saturated rings. The van der Waals surface area contributed by atoms with Crippen LogP contribution in [0.2, 0.25) is 0 Å². The van der Waals surface area contributed by atoms with Gasteiger partial charge < -0.3 is 16.0 Å². The summed E-state index contributed by atoms with van der Waals surface area (Å²) >= 11 is 0. The summed E-state index contributed by atoms with van der Waals surface area (Å²) in [6.45, 7) is 8.98. The molecule has 8 heteroatoms. The Morgan fingerprint density at radius 1 is 1.19 bits per heavy atom. The lowest BCUT2D eigenvalue weighted by Crippen LogP contribution is -2.48. The maximum Gasteiger partial charge on any atom is 0.239 e. The van der Waals surface area contributed by atoms with E-state index in [-0.39, 0.29) is 18.0 Å². The zero-order chi connectivity index (χ0) is 19.0. The van der Waals surface area contributed by atoms with Crippen LogP contribution in [0.5, 0.6) is 0 Å². The maximum atomic E-state index is 12.0. The Bertz CT molecular complexity index is 731. The van der Waals surface area contributed by atoms with Crippen LogP contribution in [-0.4, -0.2) is 45.3 Å². The number of carbonyl (C=O) groups excluding carboxylic acids is 1. The van der Waals surface area contributed by atoms with E-state index in [1.165, 1.54) is 0 Å². The van der Waals surface area contributed by atoms with Crippen LogP contribution in [0.25, 0.3) is 5.69 Å². The number of amides is 1. The first-order valence-electron chi connectivity index (χ1n) is 8.66. The molecule has 1 aromatic carbocycles. The number of para-hydroxylation sites is 1. The van der Waals surface area contributed by atoms with Crippen molar-refractivity contribution in [2.24, 2.45) is 4.99 Å². The Kier molecular flexibility index (Phi) is 6.71. The Balaban J connectivity index is 2.02. The summed E-state index contributed by atoms with van der Waals surface area (Å²) in [5.74, 6) is 1.18. The van der Waals surface area contributed by atoms with Gasteiger partial charge in [0.25, 0.3) is 0 Å². The van der Waals surface area contributed by atoms with Gasteiger partial charge in [0.2, 0.25) is 5.91 Å². The van der Waals surface area contributed by atoms with E-state index >= 15 is 0 Å². The highest BCUT2D eigenvalue weighted by atomic mass is 16.2. The lowest BCUT2D eigenvalue weighted by Gasteiger charge is -2.21. The predicted octanol–water partition coefficient (Wildman–Crippen LogP) is 1.24. The molecule has 140 valence electrons. The van der Waals surface area contributed by atoms with Crippen LogP contribution in [0.1, 0.15) is 33.5 Å². The number of nitrogens with zero attached hydrogens (tertiary/aromatic N) is 4. The lowest BCUT2D eigenvalue weighted by molar-refractivity contribution is -0.121. The van der Waals surface area contributed by atoms with Gasteiger partial charge in [0, 0.05) is 17.8 Å². The van der Waals surface area contributed by atoms with Crippen LogP contribution in [0.4, 0.5) is 0 Å². The molecule has 0 aliphatic heterocycles. The van der Waals surface area contributed by atoms with Crippen molar-refractivity contribution < 1.29 is 4.79 Å². The van der Waals surface area contributed by atoms with Gasteiger partial charge in [0.05, 0.1) is 6.54 Å². The summed E-state index contributed by atoms with van der Waals surface area (Å²) in [4.78, 5) is 16.5. The van der Waals surface area contributed by atoms with Crippen molar-refractivity contribution in [3.63, 3.8) is 0 Å². The van der Waals surface area contributed by atoms with Crippen molar-refractivity contribution in [1.82, 2.24) is 30.7 Å². The molecule has 0 spiro atoms. The number of aliphatic imine (C=N–C) groups is 1. The molecule has 3 N–H and O–H groups in total. The molecule has 1 aromatic heterocycles. The predicted molar refractivity (Wildman–Crippen MR) is 102 cm³/mol. The molecule has 26 heavy (non-hydrogen) atoms. The SMILES string of the molecule is CCNC(=NCc1nncn1-c1ccccc1)NCC(=O)NC(C)(C)C. The average molecular weight is 357 g/mol. The Labute approximate surface area is 154 Å². The minimum atomic E-state index is -0.264. The summed E-state index contributed by atoms with van der Waals surface area (Å²) < 4.78 is 1.89. The van der Waals surface area contributed by atoms with Crippen molar-refractivity contribution in [3.8, 4) is 5.69 Å². The number of rotatable bonds is 6. The van der Waals surface area contributed by atoms with Gasteiger partial charge >= 0.3 is 0 Å². The monoisotopic (exact) mass is 357 g/mol. The van der Waals surface area contributed by atoms with Gasteiger partial charge in [0.15, 0.2) is 11.8 Å². The van der Waals surface area contributed by atoms with Crippen LogP contribution in [0.3, 0.4) is 0 Å². The largest absolute Gasteiger partial charge is 0.357 e. The fourth-order valence-electron chi connectivity index (χ4n) is 2.29. The van der Waals surface area contributed by atoms with E-state index in [0.29, 0.717) is 24.9 Å². The number of carbonyl (C=O) groups is 1. The summed E-state index contributed by atoms with van der Waals surface area (Å²) in [6.07, 6.45) is 1.66. The number of benzene rings is 1. The quantitative estimate of drug-likeness (QED) is 0.534. The summed E-state index contributed by atoms with van der Waals surface area (Å²) in [5.41, 5.74) is 0.714. The van der Waals surface area contributed by atoms with Gasteiger partial charge in [-0.05, 0) is 39.8 Å². The van der Waals surface area contributed by atoms with Gasteiger partial charge in [-0.15, -0.1) is 10.2 Å². The Morgan fingerprint density at radius 3 is 2.58 bits per heavy atom.